The Bertz CT molecular complexity index is 470. The molecule has 0 bridgehead atoms. The first-order chi connectivity index (χ1) is 13.5. The largest absolute Gasteiger partial charge is 0.481 e. The second-order valence-electron chi connectivity index (χ2n) is 9.01. The monoisotopic (exact) mass is 397 g/mol. The molecule has 6 nitrogen and oxygen atoms in total. The van der Waals surface area contributed by atoms with Gasteiger partial charge in [0.15, 0.2) is 0 Å². The van der Waals surface area contributed by atoms with Crippen LogP contribution in [0.4, 0.5) is 0 Å². The van der Waals surface area contributed by atoms with Gasteiger partial charge in [0, 0.05) is 30.3 Å². The van der Waals surface area contributed by atoms with E-state index in [1.165, 1.54) is 44.9 Å². The fraction of sp³-hybridized carbons (Fsp3) is 0.909. The van der Waals surface area contributed by atoms with Gasteiger partial charge in [-0.05, 0) is 38.5 Å². The minimum atomic E-state index is -0.696. The Morgan fingerprint density at radius 1 is 0.821 bits per heavy atom. The Balaban J connectivity index is 1.53. The van der Waals surface area contributed by atoms with Crippen LogP contribution < -0.4 is 5.32 Å². The summed E-state index contributed by atoms with van der Waals surface area (Å²) in [6.45, 7) is 1.86. The summed E-state index contributed by atoms with van der Waals surface area (Å²) in [5.74, 6) is -1.39. The molecule has 2 rings (SSSR count). The van der Waals surface area contributed by atoms with E-state index in [2.05, 4.69) is 5.32 Å². The highest BCUT2D eigenvalue weighted by atomic mass is 16.5. The van der Waals surface area contributed by atoms with Gasteiger partial charge in [-0.2, -0.15) is 0 Å². The third kappa shape index (κ3) is 8.91. The molecule has 0 radical (unpaired) electrons. The molecule has 1 atom stereocenters. The lowest BCUT2D eigenvalue weighted by molar-refractivity contribution is -0.168. The van der Waals surface area contributed by atoms with Crippen molar-refractivity contribution in [1.29, 1.82) is 0 Å². The van der Waals surface area contributed by atoms with Crippen LogP contribution in [0.25, 0.3) is 0 Å². The number of carboxylic acid groups (broad SMARTS) is 2. The highest BCUT2D eigenvalue weighted by molar-refractivity contribution is 5.66. The molecule has 6 heteroatoms. The summed E-state index contributed by atoms with van der Waals surface area (Å²) in [7, 11) is 0. The summed E-state index contributed by atoms with van der Waals surface area (Å²) < 4.78 is 5.36. The fourth-order valence-electron chi connectivity index (χ4n) is 4.59. The zero-order valence-corrected chi connectivity index (χ0v) is 17.3. The molecule has 2 fully saturated rings. The molecule has 0 amide bonds. The standard InChI is InChI=1S/C22H39NO5/c24-20(25)12-7-5-3-1-2-4-6-10-18(11-8-9-13-21(26)27)23-19-14-22(15-19)16-28-17-22/h18-19,23H,1-17H2,(H,24,25)(H,26,27). The van der Waals surface area contributed by atoms with Gasteiger partial charge < -0.3 is 20.3 Å². The number of carboxylic acids is 2. The van der Waals surface area contributed by atoms with E-state index in [0.717, 1.165) is 51.7 Å². The lowest BCUT2D eigenvalue weighted by atomic mass is 9.64. The van der Waals surface area contributed by atoms with Crippen LogP contribution in [0.15, 0.2) is 0 Å². The van der Waals surface area contributed by atoms with Crippen LogP contribution >= 0.6 is 0 Å². The quantitative estimate of drug-likeness (QED) is 0.316. The highest BCUT2D eigenvalue weighted by Crippen LogP contribution is 2.47. The molecule has 0 aromatic heterocycles. The molecular weight excluding hydrogens is 358 g/mol. The topological polar surface area (TPSA) is 95.9 Å². The van der Waals surface area contributed by atoms with E-state index in [-0.39, 0.29) is 6.42 Å². The fourth-order valence-corrected chi connectivity index (χ4v) is 4.59. The summed E-state index contributed by atoms with van der Waals surface area (Å²) in [4.78, 5) is 21.2. The molecule has 1 saturated carbocycles. The molecule has 1 unspecified atom stereocenters. The van der Waals surface area contributed by atoms with Crippen molar-refractivity contribution in [2.24, 2.45) is 5.41 Å². The van der Waals surface area contributed by atoms with E-state index in [0.29, 0.717) is 23.9 Å². The van der Waals surface area contributed by atoms with Crippen LogP contribution in [0.1, 0.15) is 96.3 Å². The minimum Gasteiger partial charge on any atom is -0.481 e. The van der Waals surface area contributed by atoms with Crippen molar-refractivity contribution in [2.45, 2.75) is 108 Å². The summed E-state index contributed by atoms with van der Waals surface area (Å²) in [5.41, 5.74) is 0.478. The summed E-state index contributed by atoms with van der Waals surface area (Å²) in [5, 5.41) is 21.3. The second-order valence-corrected chi connectivity index (χ2v) is 9.01. The summed E-state index contributed by atoms with van der Waals surface area (Å²) >= 11 is 0. The van der Waals surface area contributed by atoms with Gasteiger partial charge in [-0.15, -0.1) is 0 Å². The Kier molecular flexibility index (Phi) is 10.3. The van der Waals surface area contributed by atoms with E-state index >= 15 is 0 Å². The van der Waals surface area contributed by atoms with Gasteiger partial charge in [-0.3, -0.25) is 9.59 Å². The SMILES string of the molecule is O=C(O)CCCCCCCCCC(CCCCC(=O)O)NC1CC2(COC2)C1. The normalized spacial score (nSPS) is 19.1. The molecule has 1 saturated heterocycles. The van der Waals surface area contributed by atoms with Crippen LogP contribution in [0.5, 0.6) is 0 Å². The summed E-state index contributed by atoms with van der Waals surface area (Å²) in [6, 6.07) is 1.12. The maximum atomic E-state index is 10.7. The summed E-state index contributed by atoms with van der Waals surface area (Å²) in [6.07, 6.45) is 14.8. The smallest absolute Gasteiger partial charge is 0.303 e. The van der Waals surface area contributed by atoms with Gasteiger partial charge in [0.2, 0.25) is 0 Å². The molecular formula is C22H39NO5. The van der Waals surface area contributed by atoms with Crippen LogP contribution in [0.2, 0.25) is 0 Å². The predicted molar refractivity (Wildman–Crippen MR) is 108 cm³/mol. The molecule has 1 aliphatic heterocycles. The van der Waals surface area contributed by atoms with Gasteiger partial charge in [-0.1, -0.05) is 44.9 Å². The average molecular weight is 398 g/mol. The minimum absolute atomic E-state index is 0.276. The van der Waals surface area contributed by atoms with E-state index in [9.17, 15) is 9.59 Å². The molecule has 0 aromatic rings. The van der Waals surface area contributed by atoms with E-state index < -0.39 is 11.9 Å². The second kappa shape index (κ2) is 12.4. The third-order valence-corrected chi connectivity index (χ3v) is 6.28. The first kappa shape index (κ1) is 23.1. The maximum absolute atomic E-state index is 10.7. The van der Waals surface area contributed by atoms with E-state index in [1.54, 1.807) is 0 Å². The van der Waals surface area contributed by atoms with Crippen molar-refractivity contribution in [3.05, 3.63) is 0 Å². The molecule has 2 aliphatic rings. The van der Waals surface area contributed by atoms with Crippen molar-refractivity contribution in [3.8, 4) is 0 Å². The van der Waals surface area contributed by atoms with Crippen molar-refractivity contribution in [1.82, 2.24) is 5.32 Å². The number of aliphatic carboxylic acids is 2. The maximum Gasteiger partial charge on any atom is 0.303 e. The van der Waals surface area contributed by atoms with Crippen molar-refractivity contribution < 1.29 is 24.5 Å². The zero-order valence-electron chi connectivity index (χ0n) is 17.3. The van der Waals surface area contributed by atoms with Crippen LogP contribution in [0.3, 0.4) is 0 Å². The molecule has 0 aromatic carbocycles. The average Bonchev–Trinajstić information content (AvgIpc) is 2.56. The Labute approximate surface area is 169 Å². The molecule has 1 heterocycles. The lowest BCUT2D eigenvalue weighted by Crippen LogP contribution is -2.60. The number of hydrogen-bond acceptors (Lipinski definition) is 4. The number of unbranched alkanes of at least 4 members (excludes halogenated alkanes) is 7. The first-order valence-corrected chi connectivity index (χ1v) is 11.3. The molecule has 162 valence electrons. The number of nitrogens with one attached hydrogen (secondary N) is 1. The van der Waals surface area contributed by atoms with Crippen molar-refractivity contribution in [2.75, 3.05) is 13.2 Å². The van der Waals surface area contributed by atoms with Gasteiger partial charge in [0.25, 0.3) is 0 Å². The van der Waals surface area contributed by atoms with Crippen molar-refractivity contribution >= 4 is 11.9 Å². The van der Waals surface area contributed by atoms with E-state index in [1.807, 2.05) is 0 Å². The van der Waals surface area contributed by atoms with Crippen LogP contribution in [-0.4, -0.2) is 47.4 Å². The molecule has 3 N–H and O–H groups in total. The first-order valence-electron chi connectivity index (χ1n) is 11.3. The molecule has 1 spiro atoms. The zero-order chi connectivity index (χ0) is 20.2. The lowest BCUT2D eigenvalue weighted by Gasteiger charge is -2.54. The third-order valence-electron chi connectivity index (χ3n) is 6.28. The van der Waals surface area contributed by atoms with Gasteiger partial charge in [0.05, 0.1) is 13.2 Å². The van der Waals surface area contributed by atoms with Gasteiger partial charge in [0.1, 0.15) is 0 Å². The van der Waals surface area contributed by atoms with E-state index in [4.69, 9.17) is 14.9 Å². The number of ether oxygens (including phenoxy) is 1. The Hall–Kier alpha value is -1.14. The molecule has 28 heavy (non-hydrogen) atoms. The van der Waals surface area contributed by atoms with Crippen LogP contribution in [0, 0.1) is 5.41 Å². The van der Waals surface area contributed by atoms with Crippen molar-refractivity contribution in [3.63, 3.8) is 0 Å². The van der Waals surface area contributed by atoms with Crippen LogP contribution in [-0.2, 0) is 14.3 Å². The molecule has 1 aliphatic carbocycles. The number of carbonyl (C=O) groups is 2. The Morgan fingerprint density at radius 2 is 1.29 bits per heavy atom. The highest BCUT2D eigenvalue weighted by Gasteiger charge is 2.49. The number of rotatable bonds is 17. The number of hydrogen-bond donors (Lipinski definition) is 3. The van der Waals surface area contributed by atoms with Gasteiger partial charge in [-0.25, -0.2) is 0 Å². The van der Waals surface area contributed by atoms with Gasteiger partial charge >= 0.3 is 11.9 Å². The predicted octanol–water partition coefficient (Wildman–Crippen LogP) is 4.36. The Morgan fingerprint density at radius 3 is 1.79 bits per heavy atom.